The minimum atomic E-state index is -0.686. The Balaban J connectivity index is 1.50. The fraction of sp³-hybridized carbons (Fsp3) is 0.0250. The van der Waals surface area contributed by atoms with Crippen LogP contribution in [0.1, 0.15) is 22.4 Å². The first kappa shape index (κ1) is 23.3. The quantitative estimate of drug-likeness (QED) is 0.225. The van der Waals surface area contributed by atoms with Crippen molar-refractivity contribution in [2.75, 3.05) is 0 Å². The molecule has 2 nitrogen and oxygen atoms in total. The fourth-order valence-electron chi connectivity index (χ4n) is 7.19. The molecule has 9 rings (SSSR count). The van der Waals surface area contributed by atoms with E-state index in [0.29, 0.717) is 0 Å². The Labute approximate surface area is 243 Å². The summed E-state index contributed by atoms with van der Waals surface area (Å²) >= 11 is 0. The van der Waals surface area contributed by atoms with Gasteiger partial charge in [0.1, 0.15) is 11.2 Å². The topological polar surface area (TPSA) is 26.0 Å². The zero-order valence-corrected chi connectivity index (χ0v) is 22.8. The molecule has 0 amide bonds. The number of hydrogen-bond donors (Lipinski definition) is 0. The normalized spacial score (nSPS) is 13.4. The molecule has 0 spiro atoms. The lowest BCUT2D eigenvalue weighted by molar-refractivity contribution is 0.644. The lowest BCUT2D eigenvalue weighted by Crippen LogP contribution is -2.30. The molecule has 1 aliphatic rings. The molecular weight excluding hydrogens is 510 g/mol. The second-order valence-corrected chi connectivity index (χ2v) is 11.1. The molecule has 1 aliphatic carbocycles. The van der Waals surface area contributed by atoms with Gasteiger partial charge in [0.25, 0.3) is 0 Å². The number of pyridine rings is 1. The van der Waals surface area contributed by atoms with Crippen molar-refractivity contribution < 1.29 is 4.42 Å². The maximum absolute atomic E-state index is 6.75. The third kappa shape index (κ3) is 3.07. The lowest BCUT2D eigenvalue weighted by atomic mass is 9.69. The predicted molar refractivity (Wildman–Crippen MR) is 172 cm³/mol. The van der Waals surface area contributed by atoms with Crippen LogP contribution in [-0.4, -0.2) is 4.98 Å². The summed E-state index contributed by atoms with van der Waals surface area (Å²) in [6.07, 6.45) is 0. The first-order chi connectivity index (χ1) is 20.8. The minimum Gasteiger partial charge on any atom is -0.456 e. The van der Waals surface area contributed by atoms with Crippen LogP contribution in [0.4, 0.5) is 0 Å². The highest BCUT2D eigenvalue weighted by molar-refractivity contribution is 6.07. The van der Waals surface area contributed by atoms with Gasteiger partial charge in [0, 0.05) is 27.3 Å². The van der Waals surface area contributed by atoms with E-state index in [-0.39, 0.29) is 0 Å². The maximum atomic E-state index is 6.75. The Morgan fingerprint density at radius 2 is 1.07 bits per heavy atom. The summed E-state index contributed by atoms with van der Waals surface area (Å²) in [5.74, 6) is 0. The summed E-state index contributed by atoms with van der Waals surface area (Å²) in [6.45, 7) is 0. The number of fused-ring (bicyclic) bond motifs is 7. The van der Waals surface area contributed by atoms with E-state index in [1.807, 2.05) is 6.07 Å². The van der Waals surface area contributed by atoms with Crippen molar-refractivity contribution in [3.63, 3.8) is 0 Å². The molecule has 0 radical (unpaired) electrons. The van der Waals surface area contributed by atoms with Crippen LogP contribution in [0.15, 0.2) is 156 Å². The predicted octanol–water partition coefficient (Wildman–Crippen LogP) is 10.2. The fourth-order valence-corrected chi connectivity index (χ4v) is 7.19. The molecule has 196 valence electrons. The second kappa shape index (κ2) is 8.76. The first-order valence-corrected chi connectivity index (χ1v) is 14.4. The van der Waals surface area contributed by atoms with Crippen LogP contribution in [0.3, 0.4) is 0 Å². The van der Waals surface area contributed by atoms with E-state index in [2.05, 4.69) is 146 Å². The van der Waals surface area contributed by atoms with Gasteiger partial charge in [-0.15, -0.1) is 0 Å². The van der Waals surface area contributed by atoms with Crippen molar-refractivity contribution in [3.05, 3.63) is 174 Å². The number of nitrogens with zero attached hydrogens (tertiary/aromatic N) is 1. The smallest absolute Gasteiger partial charge is 0.140 e. The molecule has 0 saturated heterocycles. The molecule has 0 fully saturated rings. The molecule has 0 atom stereocenters. The van der Waals surface area contributed by atoms with E-state index >= 15 is 0 Å². The van der Waals surface area contributed by atoms with Crippen molar-refractivity contribution in [2.24, 2.45) is 0 Å². The van der Waals surface area contributed by atoms with Gasteiger partial charge in [0.15, 0.2) is 0 Å². The Kier molecular flexibility index (Phi) is 4.85. The van der Waals surface area contributed by atoms with Crippen LogP contribution < -0.4 is 0 Å². The Morgan fingerprint density at radius 1 is 0.476 bits per heavy atom. The van der Waals surface area contributed by atoms with Gasteiger partial charge >= 0.3 is 0 Å². The molecule has 0 saturated carbocycles. The maximum Gasteiger partial charge on any atom is 0.140 e. The summed E-state index contributed by atoms with van der Waals surface area (Å²) in [5.41, 5.74) is 10.2. The van der Waals surface area contributed by atoms with E-state index in [0.717, 1.165) is 49.8 Å². The van der Waals surface area contributed by atoms with Gasteiger partial charge in [0.2, 0.25) is 0 Å². The molecule has 0 aliphatic heterocycles. The standard InChI is InChI=1S/C40H25NO/c1-2-13-26(14-3-1)38-28-16-5-4-15-27(28)25-37(41-38)40(33-21-9-6-17-29(33)30-18-7-10-22-34(30)40)35-23-12-20-32-31-19-8-11-24-36(31)42-39(32)35/h1-25H. The van der Waals surface area contributed by atoms with Crippen molar-refractivity contribution in [1.29, 1.82) is 0 Å². The zero-order chi connectivity index (χ0) is 27.7. The highest BCUT2D eigenvalue weighted by atomic mass is 16.3. The van der Waals surface area contributed by atoms with E-state index in [4.69, 9.17) is 9.40 Å². The number of para-hydroxylation sites is 2. The number of hydrogen-bond acceptors (Lipinski definition) is 2. The van der Waals surface area contributed by atoms with E-state index < -0.39 is 5.41 Å². The van der Waals surface area contributed by atoms with Gasteiger partial charge < -0.3 is 4.42 Å². The molecule has 2 heterocycles. The van der Waals surface area contributed by atoms with E-state index in [1.165, 1.54) is 27.6 Å². The van der Waals surface area contributed by atoms with Gasteiger partial charge in [-0.3, -0.25) is 4.98 Å². The van der Waals surface area contributed by atoms with Crippen LogP contribution in [-0.2, 0) is 5.41 Å². The molecule has 42 heavy (non-hydrogen) atoms. The summed E-state index contributed by atoms with van der Waals surface area (Å²) in [6, 6.07) is 53.9. The summed E-state index contributed by atoms with van der Waals surface area (Å²) in [5, 5.41) is 4.55. The number of rotatable bonds is 3. The molecule has 2 heteroatoms. The van der Waals surface area contributed by atoms with Crippen LogP contribution in [0.5, 0.6) is 0 Å². The van der Waals surface area contributed by atoms with Crippen molar-refractivity contribution in [2.45, 2.75) is 5.41 Å². The summed E-state index contributed by atoms with van der Waals surface area (Å²) < 4.78 is 6.75. The number of benzene rings is 6. The van der Waals surface area contributed by atoms with Crippen LogP contribution in [0, 0.1) is 0 Å². The average molecular weight is 536 g/mol. The minimum absolute atomic E-state index is 0.686. The van der Waals surface area contributed by atoms with Gasteiger partial charge in [-0.2, -0.15) is 0 Å². The molecule has 0 unspecified atom stereocenters. The highest BCUT2D eigenvalue weighted by Gasteiger charge is 2.49. The van der Waals surface area contributed by atoms with Gasteiger partial charge in [0.05, 0.1) is 16.8 Å². The highest BCUT2D eigenvalue weighted by Crippen LogP contribution is 2.57. The molecule has 0 N–H and O–H groups in total. The number of furan rings is 1. The van der Waals surface area contributed by atoms with Gasteiger partial charge in [-0.1, -0.05) is 140 Å². The monoisotopic (exact) mass is 535 g/mol. The van der Waals surface area contributed by atoms with E-state index in [9.17, 15) is 0 Å². The average Bonchev–Trinajstić information content (AvgIpc) is 3.59. The van der Waals surface area contributed by atoms with Gasteiger partial charge in [-0.25, -0.2) is 0 Å². The Bertz CT molecular complexity index is 2270. The van der Waals surface area contributed by atoms with Crippen LogP contribution in [0.25, 0.3) is 55.1 Å². The summed E-state index contributed by atoms with van der Waals surface area (Å²) in [4.78, 5) is 5.62. The number of aromatic nitrogens is 1. The third-order valence-corrected chi connectivity index (χ3v) is 8.93. The molecule has 8 aromatic rings. The van der Waals surface area contributed by atoms with Gasteiger partial charge in [-0.05, 0) is 39.8 Å². The Hall–Kier alpha value is -5.47. The second-order valence-electron chi connectivity index (χ2n) is 11.1. The van der Waals surface area contributed by atoms with Crippen LogP contribution >= 0.6 is 0 Å². The molecule has 0 bridgehead atoms. The van der Waals surface area contributed by atoms with E-state index in [1.54, 1.807) is 0 Å². The van der Waals surface area contributed by atoms with Crippen molar-refractivity contribution >= 4 is 32.7 Å². The largest absolute Gasteiger partial charge is 0.456 e. The first-order valence-electron chi connectivity index (χ1n) is 14.4. The molecule has 2 aromatic heterocycles. The van der Waals surface area contributed by atoms with Crippen molar-refractivity contribution in [1.82, 2.24) is 4.98 Å². The Morgan fingerprint density at radius 3 is 1.86 bits per heavy atom. The third-order valence-electron chi connectivity index (χ3n) is 8.93. The molecular formula is C40H25NO. The SMILES string of the molecule is c1ccc(-c2nc(C3(c4cccc5c4oc4ccccc45)c4ccccc4-c4ccccc43)cc3ccccc23)cc1. The van der Waals surface area contributed by atoms with Crippen LogP contribution in [0.2, 0.25) is 0 Å². The summed E-state index contributed by atoms with van der Waals surface area (Å²) in [7, 11) is 0. The lowest BCUT2D eigenvalue weighted by Gasteiger charge is -2.33. The van der Waals surface area contributed by atoms with Crippen molar-refractivity contribution in [3.8, 4) is 22.4 Å². The molecule has 6 aromatic carbocycles. The zero-order valence-electron chi connectivity index (χ0n) is 22.8.